The molecule has 116 valence electrons. The number of nitrogens with one attached hydrogen (secondary N) is 1. The lowest BCUT2D eigenvalue weighted by Gasteiger charge is -2.35. The highest BCUT2D eigenvalue weighted by atomic mass is 16.2. The first-order valence-electron chi connectivity index (χ1n) is 7.83. The molecule has 0 radical (unpaired) electrons. The molecule has 20 heavy (non-hydrogen) atoms. The molecule has 0 atom stereocenters. The molecule has 1 aliphatic carbocycles. The first kappa shape index (κ1) is 16.9. The summed E-state index contributed by atoms with van der Waals surface area (Å²) < 4.78 is 0. The zero-order valence-electron chi connectivity index (χ0n) is 13.7. The normalized spacial score (nSPS) is 19.1. The number of amides is 2. The molecule has 1 N–H and O–H groups in total. The van der Waals surface area contributed by atoms with Gasteiger partial charge in [-0.3, -0.25) is 0 Å². The minimum absolute atomic E-state index is 0.0234. The van der Waals surface area contributed by atoms with E-state index in [-0.39, 0.29) is 11.6 Å². The molecule has 5 heteroatoms. The Morgan fingerprint density at radius 3 is 2.15 bits per heavy atom. The van der Waals surface area contributed by atoms with E-state index in [2.05, 4.69) is 15.5 Å². The van der Waals surface area contributed by atoms with Crippen LogP contribution < -0.4 is 5.32 Å². The number of nitrogens with zero attached hydrogens (tertiary/aromatic N) is 3. The van der Waals surface area contributed by atoms with Gasteiger partial charge >= 0.3 is 6.03 Å². The lowest BCUT2D eigenvalue weighted by molar-refractivity contribution is 0.169. The van der Waals surface area contributed by atoms with Gasteiger partial charge in [0.25, 0.3) is 0 Å². The molecule has 1 rings (SSSR count). The first-order valence-corrected chi connectivity index (χ1v) is 7.83. The van der Waals surface area contributed by atoms with Crippen molar-refractivity contribution in [3.05, 3.63) is 0 Å². The van der Waals surface area contributed by atoms with Gasteiger partial charge in [0.1, 0.15) is 0 Å². The lowest BCUT2D eigenvalue weighted by atomic mass is 9.89. The van der Waals surface area contributed by atoms with Crippen molar-refractivity contribution in [1.29, 1.82) is 0 Å². The van der Waals surface area contributed by atoms with Crippen molar-refractivity contribution in [2.75, 3.05) is 13.1 Å². The highest BCUT2D eigenvalue weighted by Gasteiger charge is 2.35. The van der Waals surface area contributed by atoms with Gasteiger partial charge in [0.05, 0.1) is 5.54 Å². The standard InChI is InChI=1S/C15H30N4O/c1-6-19(7-2)13(20)16-15(11-9-8-10-12-15)18-17-14(3,4)5/h6-12H2,1-5H3,(H,16,20). The second kappa shape index (κ2) is 7.04. The maximum absolute atomic E-state index is 12.3. The van der Waals surface area contributed by atoms with E-state index < -0.39 is 5.66 Å². The molecule has 5 nitrogen and oxygen atoms in total. The largest absolute Gasteiger partial charge is 0.325 e. The Kier molecular flexibility index (Phi) is 5.96. The quantitative estimate of drug-likeness (QED) is 0.780. The molecule has 0 saturated heterocycles. The topological polar surface area (TPSA) is 57.1 Å². The molecule has 1 fully saturated rings. The van der Waals surface area contributed by atoms with Crippen molar-refractivity contribution < 1.29 is 4.79 Å². The van der Waals surface area contributed by atoms with Gasteiger partial charge < -0.3 is 10.2 Å². The van der Waals surface area contributed by atoms with E-state index in [1.54, 1.807) is 4.90 Å². The van der Waals surface area contributed by atoms with Crippen LogP contribution in [0.25, 0.3) is 0 Å². The zero-order chi connectivity index (χ0) is 15.2. The summed E-state index contributed by atoms with van der Waals surface area (Å²) in [6.07, 6.45) is 5.19. The second-order valence-corrected chi connectivity index (χ2v) is 6.57. The lowest BCUT2D eigenvalue weighted by Crippen LogP contribution is -2.53. The van der Waals surface area contributed by atoms with Crippen LogP contribution in [0.3, 0.4) is 0 Å². The van der Waals surface area contributed by atoms with E-state index in [1.165, 1.54) is 6.42 Å². The molecule has 2 amide bonds. The highest BCUT2D eigenvalue weighted by molar-refractivity contribution is 5.75. The minimum Gasteiger partial charge on any atom is -0.325 e. The van der Waals surface area contributed by atoms with Crippen LogP contribution in [-0.4, -0.2) is 35.2 Å². The molecule has 0 aliphatic heterocycles. The van der Waals surface area contributed by atoms with Gasteiger partial charge in [-0.2, -0.15) is 10.2 Å². The summed E-state index contributed by atoms with van der Waals surface area (Å²) in [5, 5.41) is 12.1. The monoisotopic (exact) mass is 282 g/mol. The number of carbonyl (C=O) groups is 1. The number of rotatable bonds is 4. The first-order chi connectivity index (χ1) is 9.32. The van der Waals surface area contributed by atoms with E-state index in [0.29, 0.717) is 0 Å². The molecule has 0 spiro atoms. The van der Waals surface area contributed by atoms with Gasteiger partial charge in [-0.1, -0.05) is 6.42 Å². The molecule has 0 bridgehead atoms. The van der Waals surface area contributed by atoms with Gasteiger partial charge in [0.15, 0.2) is 5.66 Å². The molecule has 1 aliphatic rings. The number of carbonyl (C=O) groups excluding carboxylic acids is 1. The molecule has 0 aromatic carbocycles. The van der Waals surface area contributed by atoms with E-state index in [9.17, 15) is 4.79 Å². The third-order valence-electron chi connectivity index (χ3n) is 3.61. The Morgan fingerprint density at radius 1 is 1.15 bits per heavy atom. The van der Waals surface area contributed by atoms with E-state index in [0.717, 1.165) is 38.8 Å². The average Bonchev–Trinajstić information content (AvgIpc) is 2.38. The van der Waals surface area contributed by atoms with Crippen LogP contribution in [0.5, 0.6) is 0 Å². The SMILES string of the molecule is CCN(CC)C(=O)NC1(N=NC(C)(C)C)CCCCC1. The Balaban J connectivity index is 2.83. The molecule has 0 aromatic heterocycles. The Morgan fingerprint density at radius 2 is 1.70 bits per heavy atom. The summed E-state index contributed by atoms with van der Waals surface area (Å²) in [5.41, 5.74) is -0.699. The van der Waals surface area contributed by atoms with Crippen molar-refractivity contribution in [2.45, 2.75) is 77.9 Å². The van der Waals surface area contributed by atoms with Crippen LogP contribution in [-0.2, 0) is 0 Å². The fourth-order valence-corrected chi connectivity index (χ4v) is 2.42. The van der Waals surface area contributed by atoms with Gasteiger partial charge in [-0.15, -0.1) is 0 Å². The van der Waals surface area contributed by atoms with Crippen LogP contribution in [0.1, 0.15) is 66.7 Å². The Bertz CT molecular complexity index is 336. The van der Waals surface area contributed by atoms with E-state index >= 15 is 0 Å². The van der Waals surface area contributed by atoms with Crippen molar-refractivity contribution >= 4 is 6.03 Å². The second-order valence-electron chi connectivity index (χ2n) is 6.57. The number of hydrogen-bond acceptors (Lipinski definition) is 3. The predicted molar refractivity (Wildman–Crippen MR) is 81.9 cm³/mol. The Labute approximate surface area is 123 Å². The van der Waals surface area contributed by atoms with Gasteiger partial charge in [-0.25, -0.2) is 4.79 Å². The van der Waals surface area contributed by atoms with Crippen LogP contribution in [0, 0.1) is 0 Å². The molecular formula is C15H30N4O. The fraction of sp³-hybridized carbons (Fsp3) is 0.933. The average molecular weight is 282 g/mol. The zero-order valence-corrected chi connectivity index (χ0v) is 13.7. The molecule has 0 unspecified atom stereocenters. The maximum Gasteiger partial charge on any atom is 0.319 e. The number of hydrogen-bond donors (Lipinski definition) is 1. The summed E-state index contributed by atoms with van der Waals surface area (Å²) in [6, 6.07) is -0.0234. The van der Waals surface area contributed by atoms with E-state index in [1.807, 2.05) is 34.6 Å². The molecule has 1 saturated carbocycles. The smallest absolute Gasteiger partial charge is 0.319 e. The van der Waals surface area contributed by atoms with Crippen molar-refractivity contribution in [1.82, 2.24) is 10.2 Å². The third kappa shape index (κ3) is 5.10. The van der Waals surface area contributed by atoms with Crippen LogP contribution in [0.2, 0.25) is 0 Å². The molecular weight excluding hydrogens is 252 g/mol. The maximum atomic E-state index is 12.3. The molecule has 0 heterocycles. The van der Waals surface area contributed by atoms with Crippen molar-refractivity contribution in [3.63, 3.8) is 0 Å². The molecule has 0 aromatic rings. The van der Waals surface area contributed by atoms with Crippen LogP contribution >= 0.6 is 0 Å². The van der Waals surface area contributed by atoms with Crippen molar-refractivity contribution in [3.8, 4) is 0 Å². The van der Waals surface area contributed by atoms with Gasteiger partial charge in [0.2, 0.25) is 0 Å². The summed E-state index contributed by atoms with van der Waals surface area (Å²) in [7, 11) is 0. The van der Waals surface area contributed by atoms with Crippen molar-refractivity contribution in [2.24, 2.45) is 10.2 Å². The van der Waals surface area contributed by atoms with Gasteiger partial charge in [0, 0.05) is 13.1 Å². The Hall–Kier alpha value is -1.13. The van der Waals surface area contributed by atoms with Crippen LogP contribution in [0.4, 0.5) is 4.79 Å². The fourth-order valence-electron chi connectivity index (χ4n) is 2.42. The third-order valence-corrected chi connectivity index (χ3v) is 3.61. The van der Waals surface area contributed by atoms with E-state index in [4.69, 9.17) is 0 Å². The predicted octanol–water partition coefficient (Wildman–Crippen LogP) is 3.95. The summed E-state index contributed by atoms with van der Waals surface area (Å²) >= 11 is 0. The minimum atomic E-state index is -0.495. The summed E-state index contributed by atoms with van der Waals surface area (Å²) in [4.78, 5) is 14.1. The summed E-state index contributed by atoms with van der Waals surface area (Å²) in [6.45, 7) is 11.5. The number of azo groups is 1. The van der Waals surface area contributed by atoms with Crippen LogP contribution in [0.15, 0.2) is 10.2 Å². The summed E-state index contributed by atoms with van der Waals surface area (Å²) in [5.74, 6) is 0. The van der Waals surface area contributed by atoms with Gasteiger partial charge in [-0.05, 0) is 60.3 Å². The highest BCUT2D eigenvalue weighted by Crippen LogP contribution is 2.31. The number of urea groups is 1.